The molecule has 2 atom stereocenters. The van der Waals surface area contributed by atoms with Crippen molar-refractivity contribution in [3.8, 4) is 5.88 Å². The number of nitrogens with zero attached hydrogens (tertiary/aromatic N) is 3. The van der Waals surface area contributed by atoms with Gasteiger partial charge in [0, 0.05) is 38.0 Å². The second kappa shape index (κ2) is 6.62. The SMILES string of the molecule is Cn1nc(OC[C@@H]2CC[C@@H]2C(=O)N2CCOCC2)cc1C(F)(F)F. The smallest absolute Gasteiger partial charge is 0.433 e. The molecule has 1 saturated carbocycles. The first-order chi connectivity index (χ1) is 11.4. The number of alkyl halides is 3. The Bertz CT molecular complexity index is 597. The Labute approximate surface area is 137 Å². The lowest BCUT2D eigenvalue weighted by Gasteiger charge is -2.39. The molecule has 1 saturated heterocycles. The average Bonchev–Trinajstić information content (AvgIpc) is 2.88. The first-order valence-corrected chi connectivity index (χ1v) is 7.97. The van der Waals surface area contributed by atoms with Gasteiger partial charge < -0.3 is 14.4 Å². The van der Waals surface area contributed by atoms with E-state index in [0.717, 1.165) is 23.6 Å². The summed E-state index contributed by atoms with van der Waals surface area (Å²) in [6.45, 7) is 2.49. The summed E-state index contributed by atoms with van der Waals surface area (Å²) in [5.41, 5.74) is -0.855. The van der Waals surface area contributed by atoms with Crippen molar-refractivity contribution in [2.24, 2.45) is 18.9 Å². The molecule has 2 heterocycles. The van der Waals surface area contributed by atoms with Crippen LogP contribution in [0.25, 0.3) is 0 Å². The minimum absolute atomic E-state index is 0.0247. The molecule has 0 unspecified atom stereocenters. The van der Waals surface area contributed by atoms with E-state index in [4.69, 9.17) is 9.47 Å². The van der Waals surface area contributed by atoms with E-state index in [1.165, 1.54) is 7.05 Å². The van der Waals surface area contributed by atoms with Gasteiger partial charge in [-0.1, -0.05) is 0 Å². The van der Waals surface area contributed by atoms with E-state index in [1.807, 2.05) is 0 Å². The van der Waals surface area contributed by atoms with Gasteiger partial charge in [-0.3, -0.25) is 9.48 Å². The summed E-state index contributed by atoms with van der Waals surface area (Å²) >= 11 is 0. The topological polar surface area (TPSA) is 56.6 Å². The number of carbonyl (C=O) groups excluding carboxylic acids is 1. The van der Waals surface area contributed by atoms with Crippen LogP contribution in [0.3, 0.4) is 0 Å². The van der Waals surface area contributed by atoms with Crippen molar-refractivity contribution in [3.63, 3.8) is 0 Å². The number of halogens is 3. The fourth-order valence-corrected chi connectivity index (χ4v) is 3.08. The molecule has 24 heavy (non-hydrogen) atoms. The Morgan fingerprint density at radius 2 is 2.08 bits per heavy atom. The highest BCUT2D eigenvalue weighted by Gasteiger charge is 2.40. The van der Waals surface area contributed by atoms with Crippen LogP contribution in [-0.2, 0) is 22.8 Å². The Kier molecular flexibility index (Phi) is 4.71. The van der Waals surface area contributed by atoms with Gasteiger partial charge in [0.05, 0.1) is 19.8 Å². The third-order valence-corrected chi connectivity index (χ3v) is 4.65. The van der Waals surface area contributed by atoms with Crippen molar-refractivity contribution in [2.45, 2.75) is 19.0 Å². The van der Waals surface area contributed by atoms with E-state index in [-0.39, 0.29) is 30.2 Å². The average molecular weight is 347 g/mol. The van der Waals surface area contributed by atoms with Crippen LogP contribution in [0.15, 0.2) is 6.07 Å². The lowest BCUT2D eigenvalue weighted by molar-refractivity contribution is -0.146. The van der Waals surface area contributed by atoms with Crippen LogP contribution in [0.5, 0.6) is 5.88 Å². The highest BCUT2D eigenvalue weighted by Crippen LogP contribution is 2.37. The molecule has 1 aromatic heterocycles. The molecule has 3 rings (SSSR count). The van der Waals surface area contributed by atoms with Gasteiger partial charge in [0.1, 0.15) is 5.69 Å². The minimum atomic E-state index is -4.46. The van der Waals surface area contributed by atoms with Gasteiger partial charge in [-0.25, -0.2) is 0 Å². The van der Waals surface area contributed by atoms with Crippen molar-refractivity contribution >= 4 is 5.91 Å². The maximum absolute atomic E-state index is 12.7. The van der Waals surface area contributed by atoms with Gasteiger partial charge in [-0.05, 0) is 12.8 Å². The fraction of sp³-hybridized carbons (Fsp3) is 0.733. The molecule has 0 spiro atoms. The standard InChI is InChI=1S/C15H20F3N3O3/c1-20-12(15(16,17)18)8-13(19-20)24-9-10-2-3-11(10)14(22)21-4-6-23-7-5-21/h8,10-11H,2-7,9H2,1H3/t10-,11-/m0/s1. The zero-order valence-electron chi connectivity index (χ0n) is 13.4. The molecule has 0 aromatic carbocycles. The maximum Gasteiger partial charge on any atom is 0.433 e. The minimum Gasteiger partial charge on any atom is -0.476 e. The highest BCUT2D eigenvalue weighted by molar-refractivity contribution is 5.80. The number of aryl methyl sites for hydroxylation is 1. The molecular formula is C15H20F3N3O3. The largest absolute Gasteiger partial charge is 0.476 e. The predicted molar refractivity (Wildman–Crippen MR) is 77.3 cm³/mol. The first kappa shape index (κ1) is 17.1. The third kappa shape index (κ3) is 3.50. The van der Waals surface area contributed by atoms with Crippen LogP contribution in [0.2, 0.25) is 0 Å². The van der Waals surface area contributed by atoms with Crippen molar-refractivity contribution in [2.75, 3.05) is 32.9 Å². The van der Waals surface area contributed by atoms with Crippen LogP contribution in [0.4, 0.5) is 13.2 Å². The predicted octanol–water partition coefficient (Wildman–Crippen LogP) is 1.70. The number of rotatable bonds is 4. The summed E-state index contributed by atoms with van der Waals surface area (Å²) in [4.78, 5) is 14.2. The second-order valence-electron chi connectivity index (χ2n) is 6.18. The van der Waals surface area contributed by atoms with Gasteiger partial charge in [0.25, 0.3) is 0 Å². The van der Waals surface area contributed by atoms with Crippen LogP contribution < -0.4 is 4.74 Å². The van der Waals surface area contributed by atoms with Crippen molar-refractivity contribution in [1.82, 2.24) is 14.7 Å². The van der Waals surface area contributed by atoms with Crippen molar-refractivity contribution in [1.29, 1.82) is 0 Å². The van der Waals surface area contributed by atoms with Gasteiger partial charge in [0.2, 0.25) is 11.8 Å². The lowest BCUT2D eigenvalue weighted by Crippen LogP contribution is -2.49. The normalized spacial score (nSPS) is 24.6. The zero-order valence-corrected chi connectivity index (χ0v) is 13.4. The molecule has 0 radical (unpaired) electrons. The molecule has 1 aromatic rings. The first-order valence-electron chi connectivity index (χ1n) is 7.97. The molecule has 0 bridgehead atoms. The molecule has 9 heteroatoms. The Morgan fingerprint density at radius 3 is 2.62 bits per heavy atom. The van der Waals surface area contributed by atoms with Crippen LogP contribution >= 0.6 is 0 Å². The highest BCUT2D eigenvalue weighted by atomic mass is 19.4. The van der Waals surface area contributed by atoms with Crippen LogP contribution in [0, 0.1) is 11.8 Å². The molecule has 2 fully saturated rings. The number of morpholine rings is 1. The van der Waals surface area contributed by atoms with Crippen molar-refractivity contribution in [3.05, 3.63) is 11.8 Å². The molecule has 0 N–H and O–H groups in total. The summed E-state index contributed by atoms with van der Waals surface area (Å²) in [6, 6.07) is 0.886. The van der Waals surface area contributed by atoms with E-state index >= 15 is 0 Å². The molecule has 1 aliphatic carbocycles. The van der Waals surface area contributed by atoms with Gasteiger partial charge in [-0.15, -0.1) is 5.10 Å². The van der Waals surface area contributed by atoms with Gasteiger partial charge in [0.15, 0.2) is 0 Å². The van der Waals surface area contributed by atoms with E-state index in [9.17, 15) is 18.0 Å². The number of carbonyl (C=O) groups is 1. The number of hydrogen-bond donors (Lipinski definition) is 0. The lowest BCUT2D eigenvalue weighted by atomic mass is 9.73. The molecule has 2 aliphatic rings. The zero-order chi connectivity index (χ0) is 17.3. The Balaban J connectivity index is 1.54. The van der Waals surface area contributed by atoms with Crippen LogP contribution in [0.1, 0.15) is 18.5 Å². The number of amides is 1. The maximum atomic E-state index is 12.7. The number of ether oxygens (including phenoxy) is 2. The van der Waals surface area contributed by atoms with Crippen LogP contribution in [-0.4, -0.2) is 53.5 Å². The third-order valence-electron chi connectivity index (χ3n) is 4.65. The Morgan fingerprint density at radius 1 is 1.38 bits per heavy atom. The quantitative estimate of drug-likeness (QED) is 0.832. The monoisotopic (exact) mass is 347 g/mol. The van der Waals surface area contributed by atoms with Gasteiger partial charge in [-0.2, -0.15) is 13.2 Å². The summed E-state index contributed by atoms with van der Waals surface area (Å²) in [6.07, 6.45) is -2.84. The molecule has 1 aliphatic heterocycles. The van der Waals surface area contributed by atoms with E-state index < -0.39 is 11.9 Å². The fourth-order valence-electron chi connectivity index (χ4n) is 3.08. The number of hydrogen-bond acceptors (Lipinski definition) is 4. The van der Waals surface area contributed by atoms with E-state index in [1.54, 1.807) is 4.90 Å². The van der Waals surface area contributed by atoms with Gasteiger partial charge >= 0.3 is 6.18 Å². The molecule has 134 valence electrons. The number of aromatic nitrogens is 2. The summed E-state index contributed by atoms with van der Waals surface area (Å²) in [7, 11) is 1.23. The summed E-state index contributed by atoms with van der Waals surface area (Å²) in [5.74, 6) is -0.0602. The second-order valence-corrected chi connectivity index (χ2v) is 6.18. The molecule has 6 nitrogen and oxygen atoms in total. The van der Waals surface area contributed by atoms with E-state index in [2.05, 4.69) is 5.10 Å². The summed E-state index contributed by atoms with van der Waals surface area (Å²) in [5, 5.41) is 3.73. The molecule has 1 amide bonds. The van der Waals surface area contributed by atoms with Crippen molar-refractivity contribution < 1.29 is 27.4 Å². The summed E-state index contributed by atoms with van der Waals surface area (Å²) < 4.78 is 49.6. The molecular weight excluding hydrogens is 327 g/mol. The Hall–Kier alpha value is -1.77. The van der Waals surface area contributed by atoms with E-state index in [0.29, 0.717) is 26.3 Å².